The summed E-state index contributed by atoms with van der Waals surface area (Å²) in [5.41, 5.74) is 4.84. The molecule has 1 aromatic rings. The highest BCUT2D eigenvalue weighted by Crippen LogP contribution is 2.16. The molecule has 1 aromatic carbocycles. The first-order valence-corrected chi connectivity index (χ1v) is 6.11. The molecule has 0 aliphatic rings. The number of nitrogens with one attached hydrogen (secondary N) is 2. The van der Waals surface area contributed by atoms with Crippen molar-refractivity contribution in [3.8, 4) is 0 Å². The molecule has 0 aliphatic carbocycles. The van der Waals surface area contributed by atoms with E-state index in [1.54, 1.807) is 0 Å². The Labute approximate surface area is 115 Å². The van der Waals surface area contributed by atoms with Crippen LogP contribution in [0.4, 0.5) is 19.3 Å². The van der Waals surface area contributed by atoms with Crippen molar-refractivity contribution in [3.05, 3.63) is 29.8 Å². The first-order valence-electron chi connectivity index (χ1n) is 6.11. The van der Waals surface area contributed by atoms with Crippen LogP contribution < -0.4 is 16.4 Å². The lowest BCUT2D eigenvalue weighted by Crippen LogP contribution is -2.46. The van der Waals surface area contributed by atoms with E-state index < -0.39 is 29.6 Å². The summed E-state index contributed by atoms with van der Waals surface area (Å²) >= 11 is 0. The van der Waals surface area contributed by atoms with Crippen molar-refractivity contribution in [2.45, 2.75) is 26.3 Å². The number of carbonyl (C=O) groups excluding carboxylic acids is 2. The van der Waals surface area contributed by atoms with Gasteiger partial charge in [-0.25, -0.2) is 13.6 Å². The number of primary amides is 1. The number of halogens is 2. The van der Waals surface area contributed by atoms with Gasteiger partial charge in [-0.1, -0.05) is 13.8 Å². The molecule has 1 atom stereocenters. The fourth-order valence-corrected chi connectivity index (χ4v) is 1.69. The monoisotopic (exact) mass is 285 g/mol. The summed E-state index contributed by atoms with van der Waals surface area (Å²) in [6.07, 6.45) is 0.345. The summed E-state index contributed by atoms with van der Waals surface area (Å²) < 4.78 is 26.2. The second-order valence-corrected chi connectivity index (χ2v) is 4.80. The smallest absolute Gasteiger partial charge is 0.312 e. The maximum absolute atomic E-state index is 13.4. The number of carbonyl (C=O) groups is 2. The Morgan fingerprint density at radius 2 is 1.95 bits per heavy atom. The standard InChI is InChI=1S/C13H17F2N3O2/c1-7(2)5-11(18-13(16)20)12(19)17-10-4-3-8(14)6-9(10)15/h3-4,6-7,11H,5H2,1-2H3,(H,17,19)(H3,16,18,20)/t11-/m1/s1. The maximum Gasteiger partial charge on any atom is 0.312 e. The molecule has 110 valence electrons. The molecular formula is C13H17F2N3O2. The van der Waals surface area contributed by atoms with Gasteiger partial charge in [-0.2, -0.15) is 0 Å². The Balaban J connectivity index is 2.81. The Bertz CT molecular complexity index is 506. The lowest BCUT2D eigenvalue weighted by atomic mass is 10.0. The van der Waals surface area contributed by atoms with Gasteiger partial charge in [0.1, 0.15) is 17.7 Å². The van der Waals surface area contributed by atoms with Crippen LogP contribution in [0, 0.1) is 17.6 Å². The van der Waals surface area contributed by atoms with E-state index in [0.717, 1.165) is 12.1 Å². The molecular weight excluding hydrogens is 268 g/mol. The SMILES string of the molecule is CC(C)C[C@@H](NC(N)=O)C(=O)Nc1ccc(F)cc1F. The Morgan fingerprint density at radius 1 is 1.30 bits per heavy atom. The fourth-order valence-electron chi connectivity index (χ4n) is 1.69. The highest BCUT2D eigenvalue weighted by atomic mass is 19.1. The molecule has 3 amide bonds. The van der Waals surface area contributed by atoms with Crippen LogP contribution in [-0.4, -0.2) is 18.0 Å². The van der Waals surface area contributed by atoms with Crippen molar-refractivity contribution in [2.24, 2.45) is 11.7 Å². The maximum atomic E-state index is 13.4. The lowest BCUT2D eigenvalue weighted by molar-refractivity contribution is -0.118. The van der Waals surface area contributed by atoms with E-state index in [1.807, 2.05) is 13.8 Å². The van der Waals surface area contributed by atoms with Crippen molar-refractivity contribution >= 4 is 17.6 Å². The van der Waals surface area contributed by atoms with Crippen molar-refractivity contribution in [3.63, 3.8) is 0 Å². The summed E-state index contributed by atoms with van der Waals surface area (Å²) in [5.74, 6) is -2.12. The van der Waals surface area contributed by atoms with Crippen LogP contribution in [0.25, 0.3) is 0 Å². The van der Waals surface area contributed by atoms with Crippen molar-refractivity contribution < 1.29 is 18.4 Å². The van der Waals surface area contributed by atoms with E-state index in [0.29, 0.717) is 12.5 Å². The second-order valence-electron chi connectivity index (χ2n) is 4.80. The van der Waals surface area contributed by atoms with E-state index in [-0.39, 0.29) is 11.6 Å². The minimum absolute atomic E-state index is 0.121. The van der Waals surface area contributed by atoms with Crippen molar-refractivity contribution in [2.75, 3.05) is 5.32 Å². The van der Waals surface area contributed by atoms with Gasteiger partial charge in [-0.05, 0) is 24.5 Å². The second kappa shape index (κ2) is 6.83. The van der Waals surface area contributed by atoms with Crippen LogP contribution in [0.1, 0.15) is 20.3 Å². The Kier molecular flexibility index (Phi) is 5.42. The predicted molar refractivity (Wildman–Crippen MR) is 70.9 cm³/mol. The molecule has 20 heavy (non-hydrogen) atoms. The van der Waals surface area contributed by atoms with Crippen molar-refractivity contribution in [1.29, 1.82) is 0 Å². The number of hydrogen-bond acceptors (Lipinski definition) is 2. The quantitative estimate of drug-likeness (QED) is 0.773. The fraction of sp³-hybridized carbons (Fsp3) is 0.385. The van der Waals surface area contributed by atoms with Gasteiger partial charge in [0, 0.05) is 6.07 Å². The molecule has 0 spiro atoms. The average Bonchev–Trinajstić information content (AvgIpc) is 2.30. The van der Waals surface area contributed by atoms with Crippen LogP contribution in [-0.2, 0) is 4.79 Å². The summed E-state index contributed by atoms with van der Waals surface area (Å²) in [5, 5.41) is 4.59. The molecule has 0 aliphatic heterocycles. The van der Waals surface area contributed by atoms with Gasteiger partial charge in [0.25, 0.3) is 0 Å². The topological polar surface area (TPSA) is 84.2 Å². The van der Waals surface area contributed by atoms with Crippen LogP contribution in [0.5, 0.6) is 0 Å². The zero-order valence-corrected chi connectivity index (χ0v) is 11.2. The molecule has 0 fully saturated rings. The van der Waals surface area contributed by atoms with Gasteiger partial charge in [-0.15, -0.1) is 0 Å². The summed E-state index contributed by atoms with van der Waals surface area (Å²) in [4.78, 5) is 22.8. The van der Waals surface area contributed by atoms with Gasteiger partial charge < -0.3 is 16.4 Å². The number of urea groups is 1. The zero-order valence-electron chi connectivity index (χ0n) is 11.2. The molecule has 0 saturated carbocycles. The van der Waals surface area contributed by atoms with Crippen LogP contribution in [0.2, 0.25) is 0 Å². The molecule has 5 nitrogen and oxygen atoms in total. The number of nitrogens with two attached hydrogens (primary N) is 1. The van der Waals surface area contributed by atoms with Gasteiger partial charge in [-0.3, -0.25) is 4.79 Å². The first kappa shape index (κ1) is 15.9. The molecule has 0 heterocycles. The Hall–Kier alpha value is -2.18. The average molecular weight is 285 g/mol. The van der Waals surface area contributed by atoms with Gasteiger partial charge in [0.05, 0.1) is 5.69 Å². The third-order valence-electron chi connectivity index (χ3n) is 2.53. The van der Waals surface area contributed by atoms with Gasteiger partial charge in [0.2, 0.25) is 5.91 Å². The number of benzene rings is 1. The third-order valence-corrected chi connectivity index (χ3v) is 2.53. The van der Waals surface area contributed by atoms with E-state index >= 15 is 0 Å². The van der Waals surface area contributed by atoms with Gasteiger partial charge in [0.15, 0.2) is 0 Å². The first-order chi connectivity index (χ1) is 9.29. The molecule has 0 aromatic heterocycles. The molecule has 0 saturated heterocycles. The van der Waals surface area contributed by atoms with E-state index in [1.165, 1.54) is 0 Å². The molecule has 0 bridgehead atoms. The zero-order chi connectivity index (χ0) is 15.3. The van der Waals surface area contributed by atoms with E-state index in [4.69, 9.17) is 5.73 Å². The number of anilines is 1. The van der Waals surface area contributed by atoms with Crippen molar-refractivity contribution in [1.82, 2.24) is 5.32 Å². The van der Waals surface area contributed by atoms with E-state index in [9.17, 15) is 18.4 Å². The molecule has 4 N–H and O–H groups in total. The summed E-state index contributed by atoms with van der Waals surface area (Å²) in [6, 6.07) is 1.08. The van der Waals surface area contributed by atoms with E-state index in [2.05, 4.69) is 10.6 Å². The lowest BCUT2D eigenvalue weighted by Gasteiger charge is -2.19. The highest BCUT2D eigenvalue weighted by molar-refractivity contribution is 5.96. The minimum Gasteiger partial charge on any atom is -0.352 e. The largest absolute Gasteiger partial charge is 0.352 e. The number of rotatable bonds is 5. The molecule has 0 unspecified atom stereocenters. The van der Waals surface area contributed by atoms with Crippen LogP contribution >= 0.6 is 0 Å². The Morgan fingerprint density at radius 3 is 2.45 bits per heavy atom. The number of hydrogen-bond donors (Lipinski definition) is 3. The van der Waals surface area contributed by atoms with Gasteiger partial charge >= 0.3 is 6.03 Å². The predicted octanol–water partition coefficient (Wildman–Crippen LogP) is 1.99. The highest BCUT2D eigenvalue weighted by Gasteiger charge is 2.22. The molecule has 1 rings (SSSR count). The molecule has 0 radical (unpaired) electrons. The normalized spacial score (nSPS) is 12.1. The molecule has 7 heteroatoms. The minimum atomic E-state index is -0.888. The summed E-state index contributed by atoms with van der Waals surface area (Å²) in [7, 11) is 0. The van der Waals surface area contributed by atoms with Crippen LogP contribution in [0.15, 0.2) is 18.2 Å². The summed E-state index contributed by atoms with van der Waals surface area (Å²) in [6.45, 7) is 3.73. The number of amides is 3. The van der Waals surface area contributed by atoms with Crippen LogP contribution in [0.3, 0.4) is 0 Å². The third kappa shape index (κ3) is 4.83.